The fraction of sp³-hybridized carbons (Fsp3) is 0.286. The Hall–Kier alpha value is -1.92. The number of hydrazine groups is 1. The molecule has 31 heavy (non-hydrogen) atoms. The molecule has 166 valence electrons. The van der Waals surface area contributed by atoms with E-state index in [1.807, 2.05) is 0 Å². The Morgan fingerprint density at radius 3 is 2.45 bits per heavy atom. The molecule has 0 heterocycles. The molecule has 0 aromatic heterocycles. The number of amides is 2. The van der Waals surface area contributed by atoms with E-state index in [-0.39, 0.29) is 5.11 Å². The minimum atomic E-state index is -0.452. The molecule has 2 rings (SSSR count). The number of methoxy groups -OCH3 is 1. The summed E-state index contributed by atoms with van der Waals surface area (Å²) in [7, 11) is 1.56. The Balaban J connectivity index is 1.96. The Morgan fingerprint density at radius 2 is 1.81 bits per heavy atom. The minimum absolute atomic E-state index is 0.0466. The van der Waals surface area contributed by atoms with E-state index >= 15 is 0 Å². The van der Waals surface area contributed by atoms with E-state index in [0.29, 0.717) is 35.2 Å². The molecule has 0 fully saturated rings. The smallest absolute Gasteiger partial charge is 0.269 e. The van der Waals surface area contributed by atoms with Crippen LogP contribution in [0, 0.1) is 9.49 Å². The van der Waals surface area contributed by atoms with Crippen LogP contribution in [0.5, 0.6) is 11.5 Å². The second kappa shape index (κ2) is 12.2. The van der Waals surface area contributed by atoms with Crippen LogP contribution in [0.25, 0.3) is 0 Å². The first-order valence-corrected chi connectivity index (χ1v) is 11.7. The summed E-state index contributed by atoms with van der Waals surface area (Å²) in [4.78, 5) is 25.0. The molecule has 0 unspecified atom stereocenters. The van der Waals surface area contributed by atoms with Crippen LogP contribution in [0.1, 0.15) is 41.0 Å². The first-order valence-electron chi connectivity index (χ1n) is 9.38. The van der Waals surface area contributed by atoms with Crippen LogP contribution in [0.4, 0.5) is 0 Å². The molecule has 0 spiro atoms. The van der Waals surface area contributed by atoms with Crippen molar-refractivity contribution in [3.05, 3.63) is 55.6 Å². The summed E-state index contributed by atoms with van der Waals surface area (Å²) in [6.45, 7) is 4.70. The molecule has 0 aliphatic carbocycles. The lowest BCUT2D eigenvalue weighted by atomic mass is 10.1. The lowest BCUT2D eigenvalue weighted by Gasteiger charge is -2.14. The van der Waals surface area contributed by atoms with Crippen LogP contribution in [-0.4, -0.2) is 30.6 Å². The average Bonchev–Trinajstić information content (AvgIpc) is 2.72. The molecule has 2 amide bonds. The number of nitrogens with one attached hydrogen (secondary N) is 3. The van der Waals surface area contributed by atoms with Crippen molar-refractivity contribution in [2.75, 3.05) is 13.7 Å². The molecule has 0 radical (unpaired) electrons. The number of thiocarbonyl (C=S) groups is 1. The number of hydrogen-bond acceptors (Lipinski definition) is 5. The third kappa shape index (κ3) is 7.93. The minimum Gasteiger partial charge on any atom is -0.496 e. The van der Waals surface area contributed by atoms with E-state index in [9.17, 15) is 9.59 Å². The molecule has 3 N–H and O–H groups in total. The number of benzene rings is 2. The molecule has 7 nitrogen and oxygen atoms in total. The van der Waals surface area contributed by atoms with Crippen molar-refractivity contribution in [1.82, 2.24) is 16.2 Å². The highest BCUT2D eigenvalue weighted by molar-refractivity contribution is 14.1. The van der Waals surface area contributed by atoms with Crippen molar-refractivity contribution in [3.63, 3.8) is 0 Å². The largest absolute Gasteiger partial charge is 0.496 e. The molecular weight excluding hydrogens is 597 g/mol. The predicted octanol–water partition coefficient (Wildman–Crippen LogP) is 4.44. The molecule has 2 aromatic carbocycles. The maximum Gasteiger partial charge on any atom is 0.269 e. The van der Waals surface area contributed by atoms with Gasteiger partial charge in [-0.1, -0.05) is 29.8 Å². The van der Waals surface area contributed by atoms with Gasteiger partial charge in [-0.05, 0) is 83.5 Å². The molecule has 0 saturated heterocycles. The standard InChI is InChI=1S/C21H23BrIN3O4S/c1-12(2)8-9-30-17-7-5-14(22)11-15(17)20(28)24-21(31)26-25-19(27)13-4-6-18(29-3)16(23)10-13/h4-7,10-12H,8-9H2,1-3H3,(H,25,27)(H2,24,26,28,31). The maximum absolute atomic E-state index is 12.7. The zero-order valence-corrected chi connectivity index (χ0v) is 21.8. The third-order valence-electron chi connectivity index (χ3n) is 4.07. The van der Waals surface area contributed by atoms with Gasteiger partial charge < -0.3 is 9.47 Å². The van der Waals surface area contributed by atoms with Gasteiger partial charge in [0.2, 0.25) is 0 Å². The van der Waals surface area contributed by atoms with Crippen molar-refractivity contribution < 1.29 is 19.1 Å². The van der Waals surface area contributed by atoms with Gasteiger partial charge in [0.25, 0.3) is 11.8 Å². The molecule has 0 aliphatic rings. The predicted molar refractivity (Wildman–Crippen MR) is 135 cm³/mol. The van der Waals surface area contributed by atoms with E-state index in [4.69, 9.17) is 21.7 Å². The fourth-order valence-corrected chi connectivity index (χ4v) is 3.65. The van der Waals surface area contributed by atoms with Gasteiger partial charge in [-0.25, -0.2) is 0 Å². The highest BCUT2D eigenvalue weighted by Gasteiger charge is 2.16. The molecule has 0 bridgehead atoms. The number of hydrogen-bond donors (Lipinski definition) is 3. The topological polar surface area (TPSA) is 88.7 Å². The molecule has 0 atom stereocenters. The monoisotopic (exact) mass is 619 g/mol. The van der Waals surface area contributed by atoms with E-state index in [1.54, 1.807) is 43.5 Å². The van der Waals surface area contributed by atoms with E-state index < -0.39 is 11.8 Å². The first kappa shape index (κ1) is 25.3. The second-order valence-corrected chi connectivity index (χ2v) is 9.37. The summed E-state index contributed by atoms with van der Waals surface area (Å²) in [6.07, 6.45) is 0.868. The van der Waals surface area contributed by atoms with E-state index in [1.165, 1.54) is 0 Å². The van der Waals surface area contributed by atoms with Crippen molar-refractivity contribution in [2.24, 2.45) is 5.92 Å². The SMILES string of the molecule is COc1ccc(C(=O)NNC(=S)NC(=O)c2cc(Br)ccc2OCCC(C)C)cc1I. The summed E-state index contributed by atoms with van der Waals surface area (Å²) in [5.41, 5.74) is 5.75. The summed E-state index contributed by atoms with van der Waals surface area (Å²) in [6, 6.07) is 10.2. The third-order valence-corrected chi connectivity index (χ3v) is 5.61. The molecular formula is C21H23BrIN3O4S. The second-order valence-electron chi connectivity index (χ2n) is 6.88. The number of halogens is 2. The van der Waals surface area contributed by atoms with Crippen LogP contribution >= 0.6 is 50.7 Å². The highest BCUT2D eigenvalue weighted by Crippen LogP contribution is 2.24. The Labute approximate surface area is 208 Å². The van der Waals surface area contributed by atoms with Gasteiger partial charge >= 0.3 is 0 Å². The van der Waals surface area contributed by atoms with Crippen LogP contribution in [-0.2, 0) is 0 Å². The van der Waals surface area contributed by atoms with Gasteiger partial charge in [0.05, 0.1) is 22.9 Å². The lowest BCUT2D eigenvalue weighted by Crippen LogP contribution is -2.48. The first-order chi connectivity index (χ1) is 14.7. The van der Waals surface area contributed by atoms with Crippen LogP contribution in [0.3, 0.4) is 0 Å². The van der Waals surface area contributed by atoms with Gasteiger partial charge in [-0.15, -0.1) is 0 Å². The highest BCUT2D eigenvalue weighted by atomic mass is 127. The van der Waals surface area contributed by atoms with Crippen molar-refractivity contribution in [2.45, 2.75) is 20.3 Å². The normalized spacial score (nSPS) is 10.4. The van der Waals surface area contributed by atoms with Crippen molar-refractivity contribution in [3.8, 4) is 11.5 Å². The molecule has 10 heteroatoms. The van der Waals surface area contributed by atoms with Crippen molar-refractivity contribution in [1.29, 1.82) is 0 Å². The molecule has 0 saturated carbocycles. The zero-order valence-electron chi connectivity index (χ0n) is 17.3. The summed E-state index contributed by atoms with van der Waals surface area (Å²) < 4.78 is 12.5. The Morgan fingerprint density at radius 1 is 1.10 bits per heavy atom. The summed E-state index contributed by atoms with van der Waals surface area (Å²) >= 11 is 10.6. The quantitative estimate of drug-likeness (QED) is 0.241. The van der Waals surface area contributed by atoms with E-state index in [2.05, 4.69) is 68.5 Å². The summed E-state index contributed by atoms with van der Waals surface area (Å²) in [5.74, 6) is 0.764. The van der Waals surface area contributed by atoms with Crippen LogP contribution < -0.4 is 25.6 Å². The fourth-order valence-electron chi connectivity index (χ4n) is 2.41. The number of carbonyl (C=O) groups is 2. The number of ether oxygens (including phenoxy) is 2. The molecule has 2 aromatic rings. The number of carbonyl (C=O) groups excluding carboxylic acids is 2. The van der Waals surface area contributed by atoms with Gasteiger partial charge in [0, 0.05) is 10.0 Å². The van der Waals surface area contributed by atoms with Gasteiger partial charge in [0.1, 0.15) is 11.5 Å². The van der Waals surface area contributed by atoms with Crippen molar-refractivity contribution >= 4 is 67.7 Å². The Bertz CT molecular complexity index is 972. The van der Waals surface area contributed by atoms with Gasteiger partial charge in [0.15, 0.2) is 5.11 Å². The van der Waals surface area contributed by atoms with Crippen LogP contribution in [0.15, 0.2) is 40.9 Å². The zero-order chi connectivity index (χ0) is 23.0. The summed E-state index contributed by atoms with van der Waals surface area (Å²) in [5, 5.41) is 2.50. The average molecular weight is 620 g/mol. The van der Waals surface area contributed by atoms with Gasteiger partial charge in [-0.3, -0.25) is 25.8 Å². The maximum atomic E-state index is 12.7. The Kier molecular flexibility index (Phi) is 9.97. The number of rotatable bonds is 7. The molecule has 0 aliphatic heterocycles. The van der Waals surface area contributed by atoms with Crippen LogP contribution in [0.2, 0.25) is 0 Å². The van der Waals surface area contributed by atoms with E-state index in [0.717, 1.165) is 14.5 Å². The lowest BCUT2D eigenvalue weighted by molar-refractivity contribution is 0.0933. The van der Waals surface area contributed by atoms with Gasteiger partial charge in [-0.2, -0.15) is 0 Å².